The van der Waals surface area contributed by atoms with Crippen LogP contribution in [0.5, 0.6) is 0 Å². The van der Waals surface area contributed by atoms with Crippen molar-refractivity contribution in [3.8, 4) is 0 Å². The number of carboxylic acid groups (broad SMARTS) is 1. The number of carboxylic acids is 1. The Bertz CT molecular complexity index is 490. The molecule has 1 aliphatic rings. The largest absolute Gasteiger partial charge is 0.480 e. The van der Waals surface area contributed by atoms with Gasteiger partial charge in [0, 0.05) is 18.4 Å². The summed E-state index contributed by atoms with van der Waals surface area (Å²) < 4.78 is 0. The molecule has 0 aliphatic carbocycles. The van der Waals surface area contributed by atoms with Gasteiger partial charge in [-0.3, -0.25) is 4.79 Å². The van der Waals surface area contributed by atoms with E-state index in [1.807, 2.05) is 37.3 Å². The van der Waals surface area contributed by atoms with Crippen molar-refractivity contribution < 1.29 is 14.7 Å². The molecule has 1 amide bonds. The van der Waals surface area contributed by atoms with Gasteiger partial charge in [0.1, 0.15) is 6.04 Å². The zero-order valence-electron chi connectivity index (χ0n) is 12.2. The van der Waals surface area contributed by atoms with Crippen LogP contribution in [0.15, 0.2) is 30.3 Å². The predicted octanol–water partition coefficient (Wildman–Crippen LogP) is 1.19. The fraction of sp³-hybridized carbons (Fsp3) is 0.500. The molecule has 3 atom stereocenters. The first kappa shape index (κ1) is 15.5. The number of aliphatic carboxylic acids is 1. The van der Waals surface area contributed by atoms with Crippen molar-refractivity contribution in [3.63, 3.8) is 0 Å². The molecule has 1 fully saturated rings. The Balaban J connectivity index is 1.96. The summed E-state index contributed by atoms with van der Waals surface area (Å²) in [6.07, 6.45) is 1.82. The molecule has 3 N–H and O–H groups in total. The number of hydrogen-bond donors (Lipinski definition) is 3. The van der Waals surface area contributed by atoms with Crippen molar-refractivity contribution in [1.82, 2.24) is 10.6 Å². The summed E-state index contributed by atoms with van der Waals surface area (Å²) in [5.74, 6) is -1.24. The van der Waals surface area contributed by atoms with Crippen LogP contribution in [0.4, 0.5) is 0 Å². The summed E-state index contributed by atoms with van der Waals surface area (Å²) in [7, 11) is 0. The minimum Gasteiger partial charge on any atom is -0.480 e. The lowest BCUT2D eigenvalue weighted by atomic mass is 9.92. The molecule has 0 spiro atoms. The van der Waals surface area contributed by atoms with E-state index in [2.05, 4.69) is 10.6 Å². The summed E-state index contributed by atoms with van der Waals surface area (Å²) in [5.41, 5.74) is 0.906. The number of carbonyl (C=O) groups excluding carboxylic acids is 1. The van der Waals surface area contributed by atoms with E-state index in [-0.39, 0.29) is 11.8 Å². The summed E-state index contributed by atoms with van der Waals surface area (Å²) in [6.45, 7) is 2.84. The smallest absolute Gasteiger partial charge is 0.326 e. The number of hydrogen-bond acceptors (Lipinski definition) is 3. The summed E-state index contributed by atoms with van der Waals surface area (Å²) in [4.78, 5) is 23.6. The minimum atomic E-state index is -0.991. The van der Waals surface area contributed by atoms with Gasteiger partial charge in [-0.05, 0) is 31.9 Å². The van der Waals surface area contributed by atoms with Crippen molar-refractivity contribution in [3.05, 3.63) is 35.9 Å². The molecule has 0 aromatic heterocycles. The molecule has 2 rings (SSSR count). The average Bonchev–Trinajstić information content (AvgIpc) is 2.47. The molecule has 21 heavy (non-hydrogen) atoms. The van der Waals surface area contributed by atoms with Gasteiger partial charge in [0.05, 0.1) is 0 Å². The number of carbonyl (C=O) groups is 2. The summed E-state index contributed by atoms with van der Waals surface area (Å²) in [6, 6.07) is 8.78. The quantitative estimate of drug-likeness (QED) is 0.761. The highest BCUT2D eigenvalue weighted by Gasteiger charge is 2.28. The summed E-state index contributed by atoms with van der Waals surface area (Å²) in [5, 5.41) is 15.3. The highest BCUT2D eigenvalue weighted by molar-refractivity contribution is 5.85. The number of rotatable bonds is 5. The molecule has 5 nitrogen and oxygen atoms in total. The van der Waals surface area contributed by atoms with Gasteiger partial charge < -0.3 is 15.7 Å². The molecular weight excluding hydrogens is 268 g/mol. The van der Waals surface area contributed by atoms with Gasteiger partial charge in [-0.15, -0.1) is 0 Å². The molecule has 0 saturated carbocycles. The van der Waals surface area contributed by atoms with Crippen molar-refractivity contribution >= 4 is 11.9 Å². The van der Waals surface area contributed by atoms with Crippen molar-refractivity contribution in [2.24, 2.45) is 5.92 Å². The van der Waals surface area contributed by atoms with Gasteiger partial charge in [-0.1, -0.05) is 30.3 Å². The molecule has 1 saturated heterocycles. The fourth-order valence-corrected chi connectivity index (χ4v) is 2.71. The average molecular weight is 290 g/mol. The maximum atomic E-state index is 12.2. The zero-order chi connectivity index (χ0) is 15.2. The van der Waals surface area contributed by atoms with Crippen LogP contribution in [0.2, 0.25) is 0 Å². The van der Waals surface area contributed by atoms with E-state index in [0.717, 1.165) is 24.9 Å². The predicted molar refractivity (Wildman–Crippen MR) is 79.9 cm³/mol. The third-order valence-electron chi connectivity index (χ3n) is 3.89. The van der Waals surface area contributed by atoms with Gasteiger partial charge in [-0.25, -0.2) is 4.79 Å². The van der Waals surface area contributed by atoms with E-state index in [4.69, 9.17) is 0 Å². The SMILES string of the molecule is CC1CC(C(=O)N[C@H](Cc2ccccc2)C(=O)O)CCN1. The Morgan fingerprint density at radius 1 is 1.38 bits per heavy atom. The van der Waals surface area contributed by atoms with E-state index in [0.29, 0.717) is 12.5 Å². The first-order valence-electron chi connectivity index (χ1n) is 7.36. The fourth-order valence-electron chi connectivity index (χ4n) is 2.71. The molecule has 1 heterocycles. The normalized spacial score (nSPS) is 23.3. The van der Waals surface area contributed by atoms with E-state index in [1.165, 1.54) is 0 Å². The highest BCUT2D eigenvalue weighted by Crippen LogP contribution is 2.16. The van der Waals surface area contributed by atoms with Crippen LogP contribution in [-0.2, 0) is 16.0 Å². The Labute approximate surface area is 124 Å². The van der Waals surface area contributed by atoms with Gasteiger partial charge in [-0.2, -0.15) is 0 Å². The molecule has 0 radical (unpaired) electrons. The molecule has 0 bridgehead atoms. The van der Waals surface area contributed by atoms with E-state index >= 15 is 0 Å². The minimum absolute atomic E-state index is 0.0983. The van der Waals surface area contributed by atoms with Crippen LogP contribution in [-0.4, -0.2) is 35.6 Å². The lowest BCUT2D eigenvalue weighted by Gasteiger charge is -2.28. The Morgan fingerprint density at radius 3 is 2.71 bits per heavy atom. The third-order valence-corrected chi connectivity index (χ3v) is 3.89. The second-order valence-corrected chi connectivity index (χ2v) is 5.67. The maximum Gasteiger partial charge on any atom is 0.326 e. The molecule has 5 heteroatoms. The second kappa shape index (κ2) is 7.22. The standard InChI is InChI=1S/C16H22N2O3/c1-11-9-13(7-8-17-11)15(19)18-14(16(20)21)10-12-5-3-2-4-6-12/h2-6,11,13-14,17H,7-10H2,1H3,(H,18,19)(H,20,21)/t11?,13?,14-/m1/s1. The Kier molecular flexibility index (Phi) is 5.33. The van der Waals surface area contributed by atoms with Crippen LogP contribution in [0.25, 0.3) is 0 Å². The Morgan fingerprint density at radius 2 is 2.10 bits per heavy atom. The second-order valence-electron chi connectivity index (χ2n) is 5.67. The first-order valence-corrected chi connectivity index (χ1v) is 7.36. The Hall–Kier alpha value is -1.88. The molecule has 1 aliphatic heterocycles. The van der Waals surface area contributed by atoms with E-state index in [9.17, 15) is 14.7 Å². The van der Waals surface area contributed by atoms with Gasteiger partial charge in [0.15, 0.2) is 0 Å². The summed E-state index contributed by atoms with van der Waals surface area (Å²) >= 11 is 0. The maximum absolute atomic E-state index is 12.2. The van der Waals surface area contributed by atoms with Crippen molar-refractivity contribution in [1.29, 1.82) is 0 Å². The molecular formula is C16H22N2O3. The molecule has 114 valence electrons. The third kappa shape index (κ3) is 4.56. The van der Waals surface area contributed by atoms with Gasteiger partial charge >= 0.3 is 5.97 Å². The monoisotopic (exact) mass is 290 g/mol. The van der Waals surface area contributed by atoms with Crippen LogP contribution in [0, 0.1) is 5.92 Å². The topological polar surface area (TPSA) is 78.4 Å². The number of benzene rings is 1. The van der Waals surface area contributed by atoms with E-state index < -0.39 is 12.0 Å². The lowest BCUT2D eigenvalue weighted by molar-refractivity contribution is -0.142. The molecule has 1 aromatic carbocycles. The number of amides is 1. The highest BCUT2D eigenvalue weighted by atomic mass is 16.4. The van der Waals surface area contributed by atoms with Gasteiger partial charge in [0.2, 0.25) is 5.91 Å². The van der Waals surface area contributed by atoms with Crippen molar-refractivity contribution in [2.45, 2.75) is 38.3 Å². The van der Waals surface area contributed by atoms with Crippen LogP contribution in [0.3, 0.4) is 0 Å². The van der Waals surface area contributed by atoms with Crippen LogP contribution in [0.1, 0.15) is 25.3 Å². The van der Waals surface area contributed by atoms with Crippen LogP contribution < -0.4 is 10.6 Å². The van der Waals surface area contributed by atoms with E-state index in [1.54, 1.807) is 0 Å². The first-order chi connectivity index (χ1) is 10.1. The lowest BCUT2D eigenvalue weighted by Crippen LogP contribution is -2.48. The molecule has 1 aromatic rings. The molecule has 2 unspecified atom stereocenters. The number of piperidine rings is 1. The van der Waals surface area contributed by atoms with Crippen LogP contribution >= 0.6 is 0 Å². The van der Waals surface area contributed by atoms with Gasteiger partial charge in [0.25, 0.3) is 0 Å². The number of nitrogens with one attached hydrogen (secondary N) is 2. The van der Waals surface area contributed by atoms with Crippen molar-refractivity contribution in [2.75, 3.05) is 6.54 Å². The zero-order valence-corrected chi connectivity index (χ0v) is 12.2.